The quantitative estimate of drug-likeness (QED) is 0.625. The average Bonchev–Trinajstić information content (AvgIpc) is 2.71. The summed E-state index contributed by atoms with van der Waals surface area (Å²) >= 11 is 0. The maximum Gasteiger partial charge on any atom is 0.244 e. The van der Waals surface area contributed by atoms with Crippen LogP contribution in [0, 0.1) is 0 Å². The van der Waals surface area contributed by atoms with E-state index in [4.69, 9.17) is 0 Å². The Labute approximate surface area is 191 Å². The van der Waals surface area contributed by atoms with Crippen LogP contribution in [-0.2, 0) is 26.0 Å². The highest BCUT2D eigenvalue weighted by Gasteiger charge is 2.30. The minimum atomic E-state index is -3.70. The summed E-state index contributed by atoms with van der Waals surface area (Å²) in [7, 11) is -3.70. The highest BCUT2D eigenvalue weighted by atomic mass is 32.2. The Morgan fingerprint density at radius 3 is 2.00 bits per heavy atom. The van der Waals surface area contributed by atoms with Crippen molar-refractivity contribution in [1.29, 1.82) is 0 Å². The van der Waals surface area contributed by atoms with Crippen LogP contribution < -0.4 is 9.62 Å². The molecule has 1 atom stereocenters. The summed E-state index contributed by atoms with van der Waals surface area (Å²) in [5, 5.41) is 2.90. The molecule has 0 aromatic heterocycles. The number of rotatable bonds is 9. The third-order valence-corrected chi connectivity index (χ3v) is 6.01. The molecule has 0 aliphatic rings. The molecule has 2 amide bonds. The Balaban J connectivity index is 2.29. The van der Waals surface area contributed by atoms with Gasteiger partial charge in [0.05, 0.1) is 11.9 Å². The molecule has 0 fully saturated rings. The van der Waals surface area contributed by atoms with Crippen LogP contribution >= 0.6 is 0 Å². The molecule has 0 saturated carbocycles. The largest absolute Gasteiger partial charge is 0.350 e. The molecule has 2 rings (SSSR count). The van der Waals surface area contributed by atoms with Gasteiger partial charge in [-0.15, -0.1) is 0 Å². The summed E-state index contributed by atoms with van der Waals surface area (Å²) in [4.78, 5) is 27.6. The molecule has 0 saturated heterocycles. The number of hydrogen-bond donors (Lipinski definition) is 1. The first-order chi connectivity index (χ1) is 14.9. The van der Waals surface area contributed by atoms with Gasteiger partial charge in [0.1, 0.15) is 12.6 Å². The zero-order valence-corrected chi connectivity index (χ0v) is 20.2. The predicted octanol–water partition coefficient (Wildman–Crippen LogP) is 2.83. The molecule has 32 heavy (non-hydrogen) atoms. The first-order valence-corrected chi connectivity index (χ1v) is 12.4. The van der Waals surface area contributed by atoms with Gasteiger partial charge < -0.3 is 10.2 Å². The van der Waals surface area contributed by atoms with Crippen LogP contribution in [0.1, 0.15) is 33.3 Å². The molecule has 2 aromatic carbocycles. The van der Waals surface area contributed by atoms with Gasteiger partial charge in [0.25, 0.3) is 0 Å². The van der Waals surface area contributed by atoms with E-state index in [1.165, 1.54) is 4.90 Å². The fourth-order valence-corrected chi connectivity index (χ4v) is 4.10. The number of carbonyl (C=O) groups is 2. The topological polar surface area (TPSA) is 86.8 Å². The molecule has 0 unspecified atom stereocenters. The molecule has 2 aromatic rings. The Kier molecular flexibility index (Phi) is 8.44. The number of hydrogen-bond acceptors (Lipinski definition) is 4. The number of anilines is 1. The van der Waals surface area contributed by atoms with Gasteiger partial charge in [-0.3, -0.25) is 13.9 Å². The lowest BCUT2D eigenvalue weighted by molar-refractivity contribution is -0.139. The van der Waals surface area contributed by atoms with Gasteiger partial charge in [-0.1, -0.05) is 48.5 Å². The van der Waals surface area contributed by atoms with Crippen molar-refractivity contribution in [3.05, 3.63) is 66.2 Å². The van der Waals surface area contributed by atoms with Crippen molar-refractivity contribution in [3.8, 4) is 0 Å². The molecular weight excluding hydrogens is 426 g/mol. The fourth-order valence-electron chi connectivity index (χ4n) is 3.25. The molecule has 174 valence electrons. The summed E-state index contributed by atoms with van der Waals surface area (Å²) in [5.41, 5.74) is 0.970. The van der Waals surface area contributed by atoms with Crippen molar-refractivity contribution in [1.82, 2.24) is 10.2 Å². The van der Waals surface area contributed by atoms with E-state index in [0.717, 1.165) is 16.1 Å². The van der Waals surface area contributed by atoms with Crippen LogP contribution in [0.2, 0.25) is 0 Å². The van der Waals surface area contributed by atoms with Gasteiger partial charge in [-0.25, -0.2) is 8.42 Å². The van der Waals surface area contributed by atoms with E-state index in [0.29, 0.717) is 12.1 Å². The minimum Gasteiger partial charge on any atom is -0.350 e. The van der Waals surface area contributed by atoms with Gasteiger partial charge >= 0.3 is 0 Å². The molecule has 0 radical (unpaired) electrons. The van der Waals surface area contributed by atoms with Crippen LogP contribution in [0.25, 0.3) is 0 Å². The lowest BCUT2D eigenvalue weighted by atomic mass is 10.1. The van der Waals surface area contributed by atoms with Crippen molar-refractivity contribution >= 4 is 27.5 Å². The summed E-state index contributed by atoms with van der Waals surface area (Å²) < 4.78 is 25.9. The van der Waals surface area contributed by atoms with Crippen molar-refractivity contribution < 1.29 is 18.0 Å². The van der Waals surface area contributed by atoms with Crippen LogP contribution in [0.3, 0.4) is 0 Å². The first kappa shape index (κ1) is 25.4. The van der Waals surface area contributed by atoms with Crippen molar-refractivity contribution in [3.63, 3.8) is 0 Å². The summed E-state index contributed by atoms with van der Waals surface area (Å²) in [6.45, 7) is 7.17. The molecular formula is C24H33N3O4S. The summed E-state index contributed by atoms with van der Waals surface area (Å²) in [6, 6.07) is 17.4. The summed E-state index contributed by atoms with van der Waals surface area (Å²) in [6.07, 6.45) is 1.61. The van der Waals surface area contributed by atoms with Gasteiger partial charge in [0.15, 0.2) is 0 Å². The van der Waals surface area contributed by atoms with E-state index < -0.39 is 27.5 Å². The third-order valence-electron chi connectivity index (χ3n) is 4.87. The monoisotopic (exact) mass is 459 g/mol. The number of amides is 2. The Morgan fingerprint density at radius 2 is 1.50 bits per heavy atom. The maximum atomic E-state index is 13.3. The number of sulfonamides is 1. The number of nitrogens with one attached hydrogen (secondary N) is 1. The van der Waals surface area contributed by atoms with Gasteiger partial charge in [-0.2, -0.15) is 0 Å². The fraction of sp³-hybridized carbons (Fsp3) is 0.417. The highest BCUT2D eigenvalue weighted by Crippen LogP contribution is 2.18. The second-order valence-electron chi connectivity index (χ2n) is 8.84. The van der Waals surface area contributed by atoms with Crippen LogP contribution in [0.5, 0.6) is 0 Å². The normalized spacial score (nSPS) is 12.7. The molecule has 1 N–H and O–H groups in total. The van der Waals surface area contributed by atoms with E-state index in [-0.39, 0.29) is 19.0 Å². The smallest absolute Gasteiger partial charge is 0.244 e. The second kappa shape index (κ2) is 10.6. The lowest BCUT2D eigenvalue weighted by Gasteiger charge is -2.33. The number of nitrogens with zero attached hydrogens (tertiary/aromatic N) is 2. The van der Waals surface area contributed by atoms with E-state index in [2.05, 4.69) is 5.32 Å². The average molecular weight is 460 g/mol. The highest BCUT2D eigenvalue weighted by molar-refractivity contribution is 7.92. The van der Waals surface area contributed by atoms with Crippen LogP contribution in [0.15, 0.2) is 60.7 Å². The van der Waals surface area contributed by atoms with Gasteiger partial charge in [0.2, 0.25) is 21.8 Å². The van der Waals surface area contributed by atoms with Crippen molar-refractivity contribution in [2.45, 2.75) is 45.7 Å². The maximum absolute atomic E-state index is 13.3. The Bertz CT molecular complexity index is 1000. The Morgan fingerprint density at radius 1 is 0.969 bits per heavy atom. The molecule has 0 aliphatic heterocycles. The van der Waals surface area contributed by atoms with Gasteiger partial charge in [0, 0.05) is 12.1 Å². The molecule has 7 nitrogen and oxygen atoms in total. The number of benzene rings is 2. The number of carbonyl (C=O) groups excluding carboxylic acids is 2. The van der Waals surface area contributed by atoms with Crippen molar-refractivity contribution in [2.24, 2.45) is 0 Å². The second-order valence-corrected chi connectivity index (χ2v) is 10.7. The van der Waals surface area contributed by atoms with E-state index in [1.807, 2.05) is 51.1 Å². The SMILES string of the molecule is C[C@@H](C(=O)NC(C)(C)C)N(CCc1ccccc1)C(=O)CN(c1ccccc1)S(C)(=O)=O. The molecule has 0 spiro atoms. The zero-order chi connectivity index (χ0) is 23.9. The molecule has 0 bridgehead atoms. The summed E-state index contributed by atoms with van der Waals surface area (Å²) in [5.74, 6) is -0.726. The van der Waals surface area contributed by atoms with Crippen LogP contribution in [-0.4, -0.2) is 56.1 Å². The molecule has 8 heteroatoms. The zero-order valence-electron chi connectivity index (χ0n) is 19.4. The Hall–Kier alpha value is -2.87. The minimum absolute atomic E-state index is 0.286. The molecule has 0 heterocycles. The third kappa shape index (κ3) is 7.67. The van der Waals surface area contributed by atoms with E-state index in [1.54, 1.807) is 37.3 Å². The molecule has 0 aliphatic carbocycles. The first-order valence-electron chi connectivity index (χ1n) is 10.6. The standard InChI is InChI=1S/C24H33N3O4S/c1-19(23(29)25-24(2,3)4)26(17-16-20-12-8-6-9-13-20)22(28)18-27(32(5,30)31)21-14-10-7-11-15-21/h6-15,19H,16-18H2,1-5H3,(H,25,29)/t19-/m0/s1. The van der Waals surface area contributed by atoms with Gasteiger partial charge in [-0.05, 0) is 51.8 Å². The van der Waals surface area contributed by atoms with Crippen molar-refractivity contribution in [2.75, 3.05) is 23.7 Å². The van der Waals surface area contributed by atoms with E-state index >= 15 is 0 Å². The predicted molar refractivity (Wildman–Crippen MR) is 128 cm³/mol. The number of para-hydroxylation sites is 1. The van der Waals surface area contributed by atoms with E-state index in [9.17, 15) is 18.0 Å². The van der Waals surface area contributed by atoms with Crippen LogP contribution in [0.4, 0.5) is 5.69 Å². The lowest BCUT2D eigenvalue weighted by Crippen LogP contribution is -2.55.